The summed E-state index contributed by atoms with van der Waals surface area (Å²) in [4.78, 5) is 0. The zero-order valence-corrected chi connectivity index (χ0v) is 8.50. The Balaban J connectivity index is 2.77. The van der Waals surface area contributed by atoms with Gasteiger partial charge in [0.05, 0.1) is 10.7 Å². The molecule has 0 saturated carbocycles. The number of benzene rings is 1. The van der Waals surface area contributed by atoms with Crippen LogP contribution in [0.25, 0.3) is 0 Å². The van der Waals surface area contributed by atoms with E-state index in [4.69, 9.17) is 23.1 Å². The summed E-state index contributed by atoms with van der Waals surface area (Å²) in [6, 6.07) is 6.88. The monoisotopic (exact) mass is 228 g/mol. The van der Waals surface area contributed by atoms with E-state index in [1.807, 2.05) is 0 Å². The van der Waals surface area contributed by atoms with Gasteiger partial charge in [0.2, 0.25) is 0 Å². The Labute approximate surface area is 91.4 Å². The van der Waals surface area contributed by atoms with Crippen molar-refractivity contribution >= 4 is 23.1 Å². The van der Waals surface area contributed by atoms with Crippen molar-refractivity contribution in [3.8, 4) is 0 Å². The van der Waals surface area contributed by atoms with Gasteiger partial charge in [0.1, 0.15) is 0 Å². The topological polar surface area (TPSA) is 76.4 Å². The second-order valence-corrected chi connectivity index (χ2v) is 3.01. The van der Waals surface area contributed by atoms with E-state index in [1.165, 1.54) is 0 Å². The van der Waals surface area contributed by atoms with E-state index in [2.05, 4.69) is 10.5 Å². The lowest BCUT2D eigenvalue weighted by atomic mass is 10.3. The van der Waals surface area contributed by atoms with Gasteiger partial charge < -0.3 is 11.5 Å². The maximum absolute atomic E-state index is 12.7. The highest BCUT2D eigenvalue weighted by Crippen LogP contribution is 2.20. The molecule has 0 aliphatic rings. The van der Waals surface area contributed by atoms with Gasteiger partial charge in [-0.05, 0) is 12.1 Å². The van der Waals surface area contributed by atoms with Gasteiger partial charge in [0.25, 0.3) is 0 Å². The first-order valence-electron chi connectivity index (χ1n) is 4.06. The van der Waals surface area contributed by atoms with E-state index in [0.29, 0.717) is 10.7 Å². The summed E-state index contributed by atoms with van der Waals surface area (Å²) in [7, 11) is 0. The molecule has 5 N–H and O–H groups in total. The van der Waals surface area contributed by atoms with Crippen LogP contribution in [0.4, 0.5) is 10.1 Å². The molecular weight excluding hydrogens is 219 g/mol. The van der Waals surface area contributed by atoms with Crippen LogP contribution in [-0.4, -0.2) is 5.84 Å². The molecule has 4 nitrogen and oxygen atoms in total. The molecule has 0 bridgehead atoms. The number of nitrogens with zero attached hydrogens (tertiary/aromatic N) is 1. The van der Waals surface area contributed by atoms with E-state index < -0.39 is 5.83 Å². The minimum atomic E-state index is -0.797. The normalized spacial score (nSPS) is 12.7. The number of para-hydroxylation sites is 1. The molecule has 0 radical (unpaired) electrons. The quantitative estimate of drug-likeness (QED) is 0.419. The molecule has 0 aromatic heterocycles. The van der Waals surface area contributed by atoms with Crippen LogP contribution in [0.3, 0.4) is 0 Å². The molecule has 0 unspecified atom stereocenters. The summed E-state index contributed by atoms with van der Waals surface area (Å²) in [6.07, 6.45) is 0.729. The van der Waals surface area contributed by atoms with Gasteiger partial charge >= 0.3 is 0 Å². The van der Waals surface area contributed by atoms with Crippen molar-refractivity contribution in [3.63, 3.8) is 0 Å². The zero-order valence-electron chi connectivity index (χ0n) is 7.74. The van der Waals surface area contributed by atoms with Gasteiger partial charge in [-0.1, -0.05) is 23.7 Å². The highest BCUT2D eigenvalue weighted by atomic mass is 35.5. The highest BCUT2D eigenvalue weighted by molar-refractivity contribution is 6.33. The molecular formula is C9H10ClFN4. The summed E-state index contributed by atoms with van der Waals surface area (Å²) in [6.45, 7) is 0. The van der Waals surface area contributed by atoms with Crippen LogP contribution >= 0.6 is 11.6 Å². The maximum Gasteiger partial charge on any atom is 0.182 e. The van der Waals surface area contributed by atoms with E-state index in [-0.39, 0.29) is 5.84 Å². The number of hydrazone groups is 1. The lowest BCUT2D eigenvalue weighted by Gasteiger charge is -2.03. The molecule has 1 aromatic rings. The molecule has 0 saturated heterocycles. The number of nitrogens with one attached hydrogen (secondary N) is 1. The average molecular weight is 229 g/mol. The maximum atomic E-state index is 12.7. The van der Waals surface area contributed by atoms with Crippen molar-refractivity contribution in [2.45, 2.75) is 0 Å². The molecule has 1 aromatic carbocycles. The molecule has 0 spiro atoms. The van der Waals surface area contributed by atoms with Gasteiger partial charge in [-0.15, -0.1) is 0 Å². The Hall–Kier alpha value is -1.75. The van der Waals surface area contributed by atoms with E-state index in [0.717, 1.165) is 6.20 Å². The Kier molecular flexibility index (Phi) is 3.93. The van der Waals surface area contributed by atoms with Gasteiger partial charge in [-0.2, -0.15) is 5.10 Å². The van der Waals surface area contributed by atoms with E-state index in [1.54, 1.807) is 24.3 Å². The summed E-state index contributed by atoms with van der Waals surface area (Å²) in [5.41, 5.74) is 13.2. The first-order valence-corrected chi connectivity index (χ1v) is 4.44. The standard InChI is InChI=1S/C9H10ClFN4/c10-6-3-1-2-4-8(6)14-15-9(13)7(11)5-12/h1-5,14H,12H2,(H2,13,15). The SMILES string of the molecule is NC=C(F)C(N)=NNc1ccccc1Cl. The van der Waals surface area contributed by atoms with Gasteiger partial charge in [-0.25, -0.2) is 4.39 Å². The van der Waals surface area contributed by atoms with Crippen molar-refractivity contribution in [3.05, 3.63) is 41.3 Å². The molecule has 6 heteroatoms. The molecule has 0 amide bonds. The number of anilines is 1. The molecule has 0 fully saturated rings. The van der Waals surface area contributed by atoms with Crippen LogP contribution < -0.4 is 16.9 Å². The third kappa shape index (κ3) is 3.14. The lowest BCUT2D eigenvalue weighted by molar-refractivity contribution is 0.675. The number of hydrogen-bond donors (Lipinski definition) is 3. The number of amidine groups is 1. The molecule has 0 heterocycles. The second-order valence-electron chi connectivity index (χ2n) is 2.60. The highest BCUT2D eigenvalue weighted by Gasteiger charge is 2.00. The first kappa shape index (κ1) is 11.3. The third-order valence-corrected chi connectivity index (χ3v) is 1.89. The lowest BCUT2D eigenvalue weighted by Crippen LogP contribution is -2.15. The molecule has 15 heavy (non-hydrogen) atoms. The average Bonchev–Trinajstić information content (AvgIpc) is 2.26. The molecule has 1 rings (SSSR count). The minimum absolute atomic E-state index is 0.336. The summed E-state index contributed by atoms with van der Waals surface area (Å²) < 4.78 is 12.7. The zero-order chi connectivity index (χ0) is 11.3. The fraction of sp³-hybridized carbons (Fsp3) is 0. The molecule has 80 valence electrons. The van der Waals surface area contributed by atoms with Crippen molar-refractivity contribution < 1.29 is 4.39 Å². The largest absolute Gasteiger partial charge is 0.402 e. The number of nitrogens with two attached hydrogens (primary N) is 2. The number of hydrogen-bond acceptors (Lipinski definition) is 3. The fourth-order valence-electron chi connectivity index (χ4n) is 0.811. The van der Waals surface area contributed by atoms with Crippen molar-refractivity contribution in [1.29, 1.82) is 0 Å². The van der Waals surface area contributed by atoms with Crippen LogP contribution in [0, 0.1) is 0 Å². The number of rotatable bonds is 3. The van der Waals surface area contributed by atoms with Crippen LogP contribution in [0.15, 0.2) is 41.4 Å². The Morgan fingerprint density at radius 3 is 2.73 bits per heavy atom. The fourth-order valence-corrected chi connectivity index (χ4v) is 0.989. The minimum Gasteiger partial charge on any atom is -0.402 e. The predicted octanol–water partition coefficient (Wildman–Crippen LogP) is 1.79. The molecule has 0 aliphatic carbocycles. The number of halogens is 2. The van der Waals surface area contributed by atoms with Crippen molar-refractivity contribution in [2.75, 3.05) is 5.43 Å². The molecule has 0 atom stereocenters. The van der Waals surface area contributed by atoms with E-state index >= 15 is 0 Å². The van der Waals surface area contributed by atoms with E-state index in [9.17, 15) is 4.39 Å². The van der Waals surface area contributed by atoms with Crippen molar-refractivity contribution in [2.24, 2.45) is 16.6 Å². The Bertz CT molecular complexity index is 403. The summed E-state index contributed by atoms with van der Waals surface area (Å²) in [5, 5.41) is 4.03. The molecule has 0 aliphatic heterocycles. The van der Waals surface area contributed by atoms with Crippen molar-refractivity contribution in [1.82, 2.24) is 0 Å². The smallest absolute Gasteiger partial charge is 0.182 e. The predicted molar refractivity (Wildman–Crippen MR) is 60.1 cm³/mol. The Morgan fingerprint density at radius 2 is 2.13 bits per heavy atom. The van der Waals surface area contributed by atoms with Crippen LogP contribution in [0.1, 0.15) is 0 Å². The van der Waals surface area contributed by atoms with Crippen LogP contribution in [-0.2, 0) is 0 Å². The van der Waals surface area contributed by atoms with Crippen LogP contribution in [0.5, 0.6) is 0 Å². The van der Waals surface area contributed by atoms with Gasteiger partial charge in [0.15, 0.2) is 11.7 Å². The van der Waals surface area contributed by atoms with Crippen LogP contribution in [0.2, 0.25) is 5.02 Å². The van der Waals surface area contributed by atoms with Gasteiger partial charge in [0, 0.05) is 6.20 Å². The summed E-state index contributed by atoms with van der Waals surface area (Å²) in [5.74, 6) is -1.13. The Morgan fingerprint density at radius 1 is 1.47 bits per heavy atom. The third-order valence-electron chi connectivity index (χ3n) is 1.56. The second kappa shape index (κ2) is 5.21. The van der Waals surface area contributed by atoms with Gasteiger partial charge in [-0.3, -0.25) is 5.43 Å². The first-order chi connectivity index (χ1) is 7.15. The summed E-state index contributed by atoms with van der Waals surface area (Å²) >= 11 is 5.82.